The third-order valence-corrected chi connectivity index (χ3v) is 5.90. The van der Waals surface area contributed by atoms with Gasteiger partial charge in [0.25, 0.3) is 0 Å². The monoisotopic (exact) mass is 452 g/mol. The molecule has 1 heterocycles. The Balaban J connectivity index is 1.43. The first-order valence-electron chi connectivity index (χ1n) is 11.2. The lowest BCUT2D eigenvalue weighted by molar-refractivity contribution is 0.0970. The predicted molar refractivity (Wildman–Crippen MR) is 132 cm³/mol. The number of carbonyl (C=O) groups excluding carboxylic acids is 1. The van der Waals surface area contributed by atoms with E-state index in [4.69, 9.17) is 18.6 Å². The molecule has 0 radical (unpaired) electrons. The second kappa shape index (κ2) is 9.71. The van der Waals surface area contributed by atoms with E-state index in [9.17, 15) is 4.79 Å². The average molecular weight is 453 g/mol. The van der Waals surface area contributed by atoms with Crippen LogP contribution in [0.25, 0.3) is 21.9 Å². The summed E-state index contributed by atoms with van der Waals surface area (Å²) >= 11 is 0. The van der Waals surface area contributed by atoms with Gasteiger partial charge >= 0.3 is 6.16 Å². The maximum atomic E-state index is 12.2. The lowest BCUT2D eigenvalue weighted by Crippen LogP contribution is -2.14. The van der Waals surface area contributed by atoms with Gasteiger partial charge in [0.15, 0.2) is 0 Å². The third kappa shape index (κ3) is 4.46. The third-order valence-electron chi connectivity index (χ3n) is 5.90. The highest BCUT2D eigenvalue weighted by molar-refractivity contribution is 6.06. The summed E-state index contributed by atoms with van der Waals surface area (Å²) in [6.07, 6.45) is -0.159. The maximum absolute atomic E-state index is 12.2. The van der Waals surface area contributed by atoms with Crippen molar-refractivity contribution >= 4 is 28.1 Å². The number of benzene rings is 4. The van der Waals surface area contributed by atoms with Crippen LogP contribution in [-0.2, 0) is 4.74 Å². The quantitative estimate of drug-likeness (QED) is 0.191. The van der Waals surface area contributed by atoms with Gasteiger partial charge in [-0.05, 0) is 42.3 Å². The van der Waals surface area contributed by atoms with Crippen molar-refractivity contribution < 1.29 is 23.4 Å². The summed E-state index contributed by atoms with van der Waals surface area (Å²) in [6.45, 7) is 0.193. The highest BCUT2D eigenvalue weighted by Gasteiger charge is 2.21. The van der Waals surface area contributed by atoms with E-state index < -0.39 is 6.16 Å². The Kier molecular flexibility index (Phi) is 6.17. The van der Waals surface area contributed by atoms with E-state index in [2.05, 4.69) is 18.2 Å². The fraction of sp³-hybridized carbons (Fsp3) is 0.138. The molecule has 5 nitrogen and oxygen atoms in total. The molecule has 1 atom stereocenters. The van der Waals surface area contributed by atoms with Crippen LogP contribution in [0.2, 0.25) is 0 Å². The molecule has 1 aromatic heterocycles. The van der Waals surface area contributed by atoms with E-state index in [-0.39, 0.29) is 12.5 Å². The number of hydrogen-bond acceptors (Lipinski definition) is 5. The molecule has 4 aromatic carbocycles. The molecule has 34 heavy (non-hydrogen) atoms. The van der Waals surface area contributed by atoms with Gasteiger partial charge in [0.05, 0.1) is 13.7 Å². The summed E-state index contributed by atoms with van der Waals surface area (Å²) < 4.78 is 22.3. The molecule has 5 rings (SSSR count). The number of rotatable bonds is 7. The standard InChI is InChI=1S/C29H24O5/c1-31-21-16-14-20(15-17-21)23(18-19-32-29(30)33-22-8-3-2-4-9-22)25-11-7-12-26-24-10-5-6-13-27(24)34-28(25)26/h2-17,23H,18-19H2,1H3. The highest BCUT2D eigenvalue weighted by atomic mass is 16.7. The number of ether oxygens (including phenoxy) is 3. The minimum Gasteiger partial charge on any atom is -0.497 e. The zero-order chi connectivity index (χ0) is 23.3. The Bertz CT molecular complexity index is 1400. The summed E-state index contributed by atoms with van der Waals surface area (Å²) in [4.78, 5) is 12.2. The molecule has 5 aromatic rings. The zero-order valence-electron chi connectivity index (χ0n) is 18.8. The zero-order valence-corrected chi connectivity index (χ0v) is 18.8. The van der Waals surface area contributed by atoms with Crippen LogP contribution in [-0.4, -0.2) is 19.9 Å². The summed E-state index contributed by atoms with van der Waals surface area (Å²) in [7, 11) is 1.65. The van der Waals surface area contributed by atoms with Crippen LogP contribution in [0.1, 0.15) is 23.5 Å². The van der Waals surface area contributed by atoms with Gasteiger partial charge in [-0.2, -0.15) is 0 Å². The van der Waals surface area contributed by atoms with Crippen molar-refractivity contribution in [2.45, 2.75) is 12.3 Å². The first-order chi connectivity index (χ1) is 16.7. The van der Waals surface area contributed by atoms with Gasteiger partial charge in [-0.25, -0.2) is 4.79 Å². The van der Waals surface area contributed by atoms with Gasteiger partial charge in [-0.3, -0.25) is 0 Å². The van der Waals surface area contributed by atoms with Crippen molar-refractivity contribution in [1.82, 2.24) is 0 Å². The molecule has 1 unspecified atom stereocenters. The van der Waals surface area contributed by atoms with Crippen LogP contribution < -0.4 is 9.47 Å². The topological polar surface area (TPSA) is 57.9 Å². The summed E-state index contributed by atoms with van der Waals surface area (Å²) in [5, 5.41) is 2.14. The van der Waals surface area contributed by atoms with E-state index in [1.54, 1.807) is 31.4 Å². The number of carbonyl (C=O) groups is 1. The Morgan fingerprint density at radius 3 is 2.32 bits per heavy atom. The van der Waals surface area contributed by atoms with Crippen molar-refractivity contribution in [3.8, 4) is 11.5 Å². The van der Waals surface area contributed by atoms with Crippen molar-refractivity contribution in [1.29, 1.82) is 0 Å². The Morgan fingerprint density at radius 1 is 0.794 bits per heavy atom. The SMILES string of the molecule is COc1ccc(C(CCOC(=O)Oc2ccccc2)c2cccc3c2oc2ccccc23)cc1. The molecule has 0 saturated heterocycles. The van der Waals surface area contributed by atoms with Gasteiger partial charge in [0.1, 0.15) is 22.7 Å². The molecule has 0 N–H and O–H groups in total. The Hall–Kier alpha value is -4.25. The fourth-order valence-corrected chi connectivity index (χ4v) is 4.26. The van der Waals surface area contributed by atoms with Crippen molar-refractivity contribution in [2.75, 3.05) is 13.7 Å². The summed E-state index contributed by atoms with van der Waals surface area (Å²) in [6, 6.07) is 31.0. The highest BCUT2D eigenvalue weighted by Crippen LogP contribution is 2.38. The van der Waals surface area contributed by atoms with E-state index in [0.717, 1.165) is 38.8 Å². The molecule has 0 fully saturated rings. The fourth-order valence-electron chi connectivity index (χ4n) is 4.26. The van der Waals surface area contributed by atoms with Crippen LogP contribution in [0.5, 0.6) is 11.5 Å². The largest absolute Gasteiger partial charge is 0.513 e. The molecule has 5 heteroatoms. The number of para-hydroxylation sites is 3. The Labute approximate surface area is 197 Å². The van der Waals surface area contributed by atoms with Crippen molar-refractivity contribution in [3.63, 3.8) is 0 Å². The molecule has 0 amide bonds. The average Bonchev–Trinajstić information content (AvgIpc) is 3.27. The van der Waals surface area contributed by atoms with Gasteiger partial charge in [-0.1, -0.05) is 66.7 Å². The van der Waals surface area contributed by atoms with Gasteiger partial charge in [0.2, 0.25) is 0 Å². The second-order valence-corrected chi connectivity index (χ2v) is 7.95. The summed E-state index contributed by atoms with van der Waals surface area (Å²) in [5.74, 6) is 1.18. The van der Waals surface area contributed by atoms with E-state index in [0.29, 0.717) is 12.2 Å². The van der Waals surface area contributed by atoms with E-state index in [1.807, 2.05) is 54.6 Å². The van der Waals surface area contributed by atoms with E-state index >= 15 is 0 Å². The molecule has 170 valence electrons. The number of hydrogen-bond donors (Lipinski definition) is 0. The van der Waals surface area contributed by atoms with Crippen molar-refractivity contribution in [3.05, 3.63) is 108 Å². The van der Waals surface area contributed by atoms with Crippen LogP contribution >= 0.6 is 0 Å². The molecule has 0 spiro atoms. The molecule has 0 bridgehead atoms. The molecule has 0 saturated carbocycles. The first kappa shape index (κ1) is 21.6. The molecular formula is C29H24O5. The Morgan fingerprint density at radius 2 is 1.53 bits per heavy atom. The minimum absolute atomic E-state index is 0.0558. The van der Waals surface area contributed by atoms with Crippen LogP contribution in [0.4, 0.5) is 4.79 Å². The first-order valence-corrected chi connectivity index (χ1v) is 11.2. The molecule has 0 aliphatic heterocycles. The predicted octanol–water partition coefficient (Wildman–Crippen LogP) is 7.33. The number of methoxy groups -OCH3 is 1. The smallest absolute Gasteiger partial charge is 0.497 e. The number of fused-ring (bicyclic) bond motifs is 3. The normalized spacial score (nSPS) is 11.9. The molecular weight excluding hydrogens is 428 g/mol. The van der Waals surface area contributed by atoms with Crippen LogP contribution in [0, 0.1) is 0 Å². The van der Waals surface area contributed by atoms with Crippen LogP contribution in [0.3, 0.4) is 0 Å². The van der Waals surface area contributed by atoms with Gasteiger partial charge < -0.3 is 18.6 Å². The van der Waals surface area contributed by atoms with Crippen LogP contribution in [0.15, 0.2) is 101 Å². The van der Waals surface area contributed by atoms with Gasteiger partial charge in [-0.15, -0.1) is 0 Å². The second-order valence-electron chi connectivity index (χ2n) is 7.95. The van der Waals surface area contributed by atoms with Gasteiger partial charge in [0, 0.05) is 22.3 Å². The summed E-state index contributed by atoms with van der Waals surface area (Å²) in [5.41, 5.74) is 3.81. The van der Waals surface area contributed by atoms with Crippen molar-refractivity contribution in [2.24, 2.45) is 0 Å². The minimum atomic E-state index is -0.721. The molecule has 0 aliphatic carbocycles. The maximum Gasteiger partial charge on any atom is 0.513 e. The number of furan rings is 1. The van der Waals surface area contributed by atoms with E-state index in [1.165, 1.54) is 0 Å². The lowest BCUT2D eigenvalue weighted by atomic mass is 9.87. The lowest BCUT2D eigenvalue weighted by Gasteiger charge is -2.19. The molecule has 0 aliphatic rings.